The van der Waals surface area contributed by atoms with E-state index in [-0.39, 0.29) is 0 Å². The number of carbonyl (C=O) groups is 1. The molecule has 10 nitrogen and oxygen atoms in total. The second-order valence-corrected chi connectivity index (χ2v) is 9.29. The highest BCUT2D eigenvalue weighted by Gasteiger charge is 2.43. The summed E-state index contributed by atoms with van der Waals surface area (Å²) in [4.78, 5) is 19.6. The number of aliphatic carboxylic acids is 1. The molecular formula is C20H31N5O5S. The molecule has 5 atom stereocenters. The fraction of sp³-hybridized carbons (Fsp3) is 0.650. The van der Waals surface area contributed by atoms with E-state index >= 15 is 0 Å². The second-order valence-electron chi connectivity index (χ2n) is 8.14. The third-order valence-electron chi connectivity index (χ3n) is 5.29. The fourth-order valence-corrected chi connectivity index (χ4v) is 4.50. The number of nitrogens with zero attached hydrogens (tertiary/aromatic N) is 3. The predicted molar refractivity (Wildman–Crippen MR) is 119 cm³/mol. The summed E-state index contributed by atoms with van der Waals surface area (Å²) in [6, 6.07) is 0.892. The number of hydrogen-bond donors (Lipinski definition) is 5. The van der Waals surface area contributed by atoms with Crippen molar-refractivity contribution in [2.45, 2.75) is 57.3 Å². The molecule has 172 valence electrons. The molecule has 0 aromatic carbocycles. The number of aliphatic hydroxyl groups is 2. The van der Waals surface area contributed by atoms with Crippen molar-refractivity contribution in [3.63, 3.8) is 0 Å². The largest absolute Gasteiger partial charge is 0.480 e. The Bertz CT molecular complexity index is 879. The van der Waals surface area contributed by atoms with Gasteiger partial charge in [0.15, 0.2) is 12.0 Å². The van der Waals surface area contributed by atoms with Crippen LogP contribution < -0.4 is 11.1 Å². The number of carboxylic acid groups (broad SMARTS) is 1. The molecule has 0 aliphatic carbocycles. The Balaban J connectivity index is 1.65. The van der Waals surface area contributed by atoms with E-state index in [4.69, 9.17) is 15.6 Å². The van der Waals surface area contributed by atoms with Gasteiger partial charge in [-0.05, 0) is 30.6 Å². The van der Waals surface area contributed by atoms with Gasteiger partial charge in [-0.15, -0.1) is 0 Å². The van der Waals surface area contributed by atoms with Crippen molar-refractivity contribution in [1.29, 1.82) is 0 Å². The van der Waals surface area contributed by atoms with E-state index in [2.05, 4.69) is 29.1 Å². The number of imidazole rings is 1. The zero-order chi connectivity index (χ0) is 22.5. The first kappa shape index (κ1) is 23.7. The number of hydrogen-bond acceptors (Lipinski definition) is 9. The first-order chi connectivity index (χ1) is 14.8. The molecule has 2 aromatic heterocycles. The zero-order valence-electron chi connectivity index (χ0n) is 17.7. The lowest BCUT2D eigenvalue weighted by Gasteiger charge is -2.17. The van der Waals surface area contributed by atoms with E-state index in [1.807, 2.05) is 0 Å². The Morgan fingerprint density at radius 1 is 1.32 bits per heavy atom. The fourth-order valence-electron chi connectivity index (χ4n) is 3.40. The van der Waals surface area contributed by atoms with Gasteiger partial charge in [0.25, 0.3) is 0 Å². The average Bonchev–Trinajstić information content (AvgIpc) is 3.27. The molecule has 0 amide bonds. The van der Waals surface area contributed by atoms with Gasteiger partial charge >= 0.3 is 5.97 Å². The molecule has 3 heterocycles. The number of nitrogens with two attached hydrogens (primary N) is 1. The van der Waals surface area contributed by atoms with E-state index in [1.54, 1.807) is 23.2 Å². The first-order valence-electron chi connectivity index (χ1n) is 10.4. The van der Waals surface area contributed by atoms with E-state index in [9.17, 15) is 15.0 Å². The van der Waals surface area contributed by atoms with E-state index in [0.717, 1.165) is 18.5 Å². The van der Waals surface area contributed by atoms with Crippen LogP contribution in [0.25, 0.3) is 11.0 Å². The molecule has 2 aromatic rings. The van der Waals surface area contributed by atoms with Gasteiger partial charge in [-0.2, -0.15) is 11.8 Å². The monoisotopic (exact) mass is 453 g/mol. The Hall–Kier alpha value is -1.92. The van der Waals surface area contributed by atoms with Crippen LogP contribution in [0.4, 0.5) is 5.82 Å². The van der Waals surface area contributed by atoms with E-state index < -0.39 is 36.6 Å². The van der Waals surface area contributed by atoms with Gasteiger partial charge in [0.05, 0.1) is 17.9 Å². The van der Waals surface area contributed by atoms with E-state index in [0.29, 0.717) is 35.2 Å². The molecule has 0 bridgehead atoms. The Labute approximate surface area is 185 Å². The summed E-state index contributed by atoms with van der Waals surface area (Å²) in [5, 5.41) is 33.2. The van der Waals surface area contributed by atoms with Gasteiger partial charge in [-0.1, -0.05) is 13.8 Å². The number of nitrogens with one attached hydrogen (secondary N) is 1. The quantitative estimate of drug-likeness (QED) is 0.312. The van der Waals surface area contributed by atoms with Gasteiger partial charge in [0.1, 0.15) is 23.8 Å². The smallest absolute Gasteiger partial charge is 0.320 e. The molecule has 1 saturated heterocycles. The topological polar surface area (TPSA) is 156 Å². The van der Waals surface area contributed by atoms with Crippen molar-refractivity contribution >= 4 is 34.6 Å². The van der Waals surface area contributed by atoms with Crippen molar-refractivity contribution in [3.05, 3.63) is 18.6 Å². The van der Waals surface area contributed by atoms with Crippen LogP contribution in [-0.4, -0.2) is 78.2 Å². The third kappa shape index (κ3) is 5.66. The molecule has 1 aliphatic rings. The molecule has 0 saturated carbocycles. The Kier molecular flexibility index (Phi) is 8.11. The molecule has 6 N–H and O–H groups in total. The van der Waals surface area contributed by atoms with Gasteiger partial charge < -0.3 is 35.7 Å². The lowest BCUT2D eigenvalue weighted by atomic mass is 10.1. The molecule has 31 heavy (non-hydrogen) atoms. The van der Waals surface area contributed by atoms with Crippen LogP contribution in [0.3, 0.4) is 0 Å². The first-order valence-corrected chi connectivity index (χ1v) is 11.6. The summed E-state index contributed by atoms with van der Waals surface area (Å²) in [6.45, 7) is 5.09. The Morgan fingerprint density at radius 3 is 2.81 bits per heavy atom. The maximum atomic E-state index is 10.8. The number of thioether (sulfide) groups is 1. The summed E-state index contributed by atoms with van der Waals surface area (Å²) >= 11 is 1.43. The van der Waals surface area contributed by atoms with E-state index in [1.165, 1.54) is 11.8 Å². The molecule has 0 spiro atoms. The SMILES string of the molecule is CC(C)CCNc1nccc2c1ncn2C1OC(CSCCC(N)C(=O)O)C(O)C1O. The lowest BCUT2D eigenvalue weighted by molar-refractivity contribution is -0.138. The minimum Gasteiger partial charge on any atom is -0.480 e. The second kappa shape index (κ2) is 10.6. The lowest BCUT2D eigenvalue weighted by Crippen LogP contribution is -2.33. The van der Waals surface area contributed by atoms with Crippen LogP contribution in [-0.2, 0) is 9.53 Å². The van der Waals surface area contributed by atoms with Crippen LogP contribution in [0.15, 0.2) is 18.6 Å². The summed E-state index contributed by atoms with van der Waals surface area (Å²) in [5.74, 6) is 1.14. The maximum Gasteiger partial charge on any atom is 0.320 e. The predicted octanol–water partition coefficient (Wildman–Crippen LogP) is 1.04. The molecule has 1 aliphatic heterocycles. The van der Waals surface area contributed by atoms with Crippen molar-refractivity contribution < 1.29 is 24.9 Å². The molecule has 3 rings (SSSR count). The number of aromatic nitrogens is 3. The highest BCUT2D eigenvalue weighted by molar-refractivity contribution is 7.99. The number of aliphatic hydroxyl groups excluding tert-OH is 2. The van der Waals surface area contributed by atoms with Crippen LogP contribution in [0, 0.1) is 5.92 Å². The maximum absolute atomic E-state index is 10.8. The average molecular weight is 454 g/mol. The van der Waals surface area contributed by atoms with Crippen LogP contribution >= 0.6 is 11.8 Å². The Morgan fingerprint density at radius 2 is 2.10 bits per heavy atom. The van der Waals surface area contributed by atoms with Gasteiger partial charge in [-0.3, -0.25) is 4.79 Å². The van der Waals surface area contributed by atoms with Crippen molar-refractivity contribution in [2.75, 3.05) is 23.4 Å². The minimum absolute atomic E-state index is 0.320. The van der Waals surface area contributed by atoms with Crippen molar-refractivity contribution in [1.82, 2.24) is 14.5 Å². The summed E-state index contributed by atoms with van der Waals surface area (Å²) in [5.41, 5.74) is 6.93. The minimum atomic E-state index is -1.12. The third-order valence-corrected chi connectivity index (χ3v) is 6.38. The summed E-state index contributed by atoms with van der Waals surface area (Å²) in [6.07, 6.45) is 1.04. The number of pyridine rings is 1. The number of anilines is 1. The number of fused-ring (bicyclic) bond motifs is 1. The molecule has 11 heteroatoms. The normalized spacial score (nSPS) is 24.7. The molecule has 1 fully saturated rings. The van der Waals surface area contributed by atoms with Crippen molar-refractivity contribution in [3.8, 4) is 0 Å². The summed E-state index contributed by atoms with van der Waals surface area (Å²) < 4.78 is 7.67. The summed E-state index contributed by atoms with van der Waals surface area (Å²) in [7, 11) is 0. The van der Waals surface area contributed by atoms with Gasteiger partial charge in [-0.25, -0.2) is 9.97 Å². The highest BCUT2D eigenvalue weighted by Crippen LogP contribution is 2.34. The van der Waals surface area contributed by atoms with Gasteiger partial charge in [0.2, 0.25) is 0 Å². The molecule has 5 unspecified atom stereocenters. The van der Waals surface area contributed by atoms with Crippen LogP contribution in [0.2, 0.25) is 0 Å². The van der Waals surface area contributed by atoms with Crippen molar-refractivity contribution in [2.24, 2.45) is 11.7 Å². The molecular weight excluding hydrogens is 422 g/mol. The van der Waals surface area contributed by atoms with Gasteiger partial charge in [0, 0.05) is 18.5 Å². The number of ether oxygens (including phenoxy) is 1. The highest BCUT2D eigenvalue weighted by atomic mass is 32.2. The zero-order valence-corrected chi connectivity index (χ0v) is 18.5. The molecule has 0 radical (unpaired) electrons. The standard InChI is InChI=1S/C20H31N5O5S/c1-11(2)3-6-22-18-15-13(4-7-23-18)25(10-24-15)19-17(27)16(26)14(30-19)9-31-8-5-12(21)20(28)29/h4,7,10-12,14,16-17,19,26-27H,3,5-6,8-9,21H2,1-2H3,(H,22,23)(H,28,29). The number of carboxylic acids is 1. The number of rotatable bonds is 11. The van der Waals surface area contributed by atoms with Crippen LogP contribution in [0.5, 0.6) is 0 Å². The van der Waals surface area contributed by atoms with Crippen LogP contribution in [0.1, 0.15) is 32.9 Å².